The minimum absolute atomic E-state index is 0.486. The van der Waals surface area contributed by atoms with E-state index in [0.29, 0.717) is 12.1 Å². The lowest BCUT2D eigenvalue weighted by molar-refractivity contribution is 0.101. The molecule has 106 valence electrons. The van der Waals surface area contributed by atoms with Crippen LogP contribution in [-0.2, 0) is 4.74 Å². The highest BCUT2D eigenvalue weighted by Crippen LogP contribution is 2.26. The molecular weight excluding hydrogens is 349 g/mol. The van der Waals surface area contributed by atoms with Crippen molar-refractivity contribution in [3.63, 3.8) is 0 Å². The van der Waals surface area contributed by atoms with E-state index in [0.717, 1.165) is 13.2 Å². The Bertz CT molecular complexity index is 377. The molecule has 1 saturated heterocycles. The lowest BCUT2D eigenvalue weighted by Crippen LogP contribution is -2.22. The highest BCUT2D eigenvalue weighted by molar-refractivity contribution is 14.1. The Morgan fingerprint density at radius 1 is 1.42 bits per heavy atom. The summed E-state index contributed by atoms with van der Waals surface area (Å²) < 4.78 is 7.07. The van der Waals surface area contributed by atoms with Crippen molar-refractivity contribution in [1.82, 2.24) is 5.32 Å². The molecule has 2 rings (SSSR count). The van der Waals surface area contributed by atoms with Crippen LogP contribution in [0, 0.1) is 3.57 Å². The zero-order valence-electron chi connectivity index (χ0n) is 11.7. The summed E-state index contributed by atoms with van der Waals surface area (Å²) in [4.78, 5) is 0. The molecule has 3 heteroatoms. The van der Waals surface area contributed by atoms with E-state index in [4.69, 9.17) is 4.74 Å². The molecule has 2 unspecified atom stereocenters. The standard InChI is InChI=1S/C16H24INO/c1-2-18-16(14-9-3-4-10-15(14)17)11-5-7-13-8-6-12-19-13/h3-4,9-10,13,16,18H,2,5-8,11-12H2,1H3. The Hall–Kier alpha value is -0.130. The van der Waals surface area contributed by atoms with Gasteiger partial charge in [-0.25, -0.2) is 0 Å². The average molecular weight is 373 g/mol. The lowest BCUT2D eigenvalue weighted by atomic mass is 9.99. The summed E-state index contributed by atoms with van der Waals surface area (Å²) in [6.07, 6.45) is 6.69. The summed E-state index contributed by atoms with van der Waals surface area (Å²) in [7, 11) is 0. The number of halogens is 1. The SMILES string of the molecule is CCNC(CCCC1CCCO1)c1ccccc1I. The maximum absolute atomic E-state index is 5.70. The van der Waals surface area contributed by atoms with E-state index in [1.807, 2.05) is 0 Å². The van der Waals surface area contributed by atoms with Crippen LogP contribution < -0.4 is 5.32 Å². The fourth-order valence-electron chi connectivity index (χ4n) is 2.79. The number of benzene rings is 1. The van der Waals surface area contributed by atoms with Gasteiger partial charge in [-0.05, 0) is 72.9 Å². The second-order valence-corrected chi connectivity index (χ2v) is 6.36. The summed E-state index contributed by atoms with van der Waals surface area (Å²) >= 11 is 2.44. The van der Waals surface area contributed by atoms with E-state index in [1.54, 1.807) is 0 Å². The third-order valence-electron chi connectivity index (χ3n) is 3.77. The van der Waals surface area contributed by atoms with Crippen molar-refractivity contribution >= 4 is 22.6 Å². The van der Waals surface area contributed by atoms with E-state index in [-0.39, 0.29) is 0 Å². The van der Waals surface area contributed by atoms with Crippen molar-refractivity contribution in [3.05, 3.63) is 33.4 Å². The zero-order chi connectivity index (χ0) is 13.5. The molecule has 0 amide bonds. The van der Waals surface area contributed by atoms with E-state index >= 15 is 0 Å². The summed E-state index contributed by atoms with van der Waals surface area (Å²) in [5, 5.41) is 3.62. The number of ether oxygens (including phenoxy) is 1. The van der Waals surface area contributed by atoms with Crippen LogP contribution in [0.15, 0.2) is 24.3 Å². The fourth-order valence-corrected chi connectivity index (χ4v) is 3.56. The van der Waals surface area contributed by atoms with E-state index < -0.39 is 0 Å². The minimum atomic E-state index is 0.486. The van der Waals surface area contributed by atoms with Gasteiger partial charge in [0, 0.05) is 16.2 Å². The Morgan fingerprint density at radius 2 is 2.26 bits per heavy atom. The monoisotopic (exact) mass is 373 g/mol. The van der Waals surface area contributed by atoms with Gasteiger partial charge in [0.05, 0.1) is 6.10 Å². The van der Waals surface area contributed by atoms with Gasteiger partial charge in [0.2, 0.25) is 0 Å². The molecule has 1 aliphatic heterocycles. The first kappa shape index (κ1) is 15.3. The zero-order valence-corrected chi connectivity index (χ0v) is 13.9. The predicted molar refractivity (Wildman–Crippen MR) is 88.4 cm³/mol. The van der Waals surface area contributed by atoms with Crippen LogP contribution in [0.4, 0.5) is 0 Å². The first-order chi connectivity index (χ1) is 9.31. The molecule has 0 radical (unpaired) electrons. The van der Waals surface area contributed by atoms with Crippen molar-refractivity contribution in [1.29, 1.82) is 0 Å². The molecule has 2 nitrogen and oxygen atoms in total. The molecule has 1 fully saturated rings. The minimum Gasteiger partial charge on any atom is -0.378 e. The molecule has 0 bridgehead atoms. The van der Waals surface area contributed by atoms with Gasteiger partial charge in [-0.3, -0.25) is 0 Å². The van der Waals surface area contributed by atoms with Crippen molar-refractivity contribution in [3.8, 4) is 0 Å². The molecule has 1 aromatic carbocycles. The molecule has 19 heavy (non-hydrogen) atoms. The predicted octanol–water partition coefficient (Wildman–Crippen LogP) is 4.29. The van der Waals surface area contributed by atoms with Crippen LogP contribution in [-0.4, -0.2) is 19.3 Å². The van der Waals surface area contributed by atoms with Gasteiger partial charge < -0.3 is 10.1 Å². The molecule has 0 aliphatic carbocycles. The molecule has 1 aromatic rings. The number of hydrogen-bond donors (Lipinski definition) is 1. The van der Waals surface area contributed by atoms with E-state index in [1.165, 1.54) is 41.2 Å². The maximum Gasteiger partial charge on any atom is 0.0576 e. The third-order valence-corrected chi connectivity index (χ3v) is 4.76. The Kier molecular flexibility index (Phi) is 6.61. The topological polar surface area (TPSA) is 21.3 Å². The van der Waals surface area contributed by atoms with Crippen LogP contribution in [0.3, 0.4) is 0 Å². The summed E-state index contributed by atoms with van der Waals surface area (Å²) in [6, 6.07) is 9.18. The van der Waals surface area contributed by atoms with Gasteiger partial charge in [-0.1, -0.05) is 25.1 Å². The molecule has 2 atom stereocenters. The molecular formula is C16H24INO. The molecule has 0 aromatic heterocycles. The van der Waals surface area contributed by atoms with Gasteiger partial charge >= 0.3 is 0 Å². The smallest absolute Gasteiger partial charge is 0.0576 e. The highest BCUT2D eigenvalue weighted by atomic mass is 127. The Morgan fingerprint density at radius 3 is 2.95 bits per heavy atom. The average Bonchev–Trinajstić information content (AvgIpc) is 2.92. The third kappa shape index (κ3) is 4.72. The molecule has 0 spiro atoms. The maximum atomic E-state index is 5.70. The fraction of sp³-hybridized carbons (Fsp3) is 0.625. The second-order valence-electron chi connectivity index (χ2n) is 5.20. The van der Waals surface area contributed by atoms with Gasteiger partial charge in [-0.15, -0.1) is 0 Å². The normalized spacial score (nSPS) is 20.6. The molecule has 1 N–H and O–H groups in total. The van der Waals surface area contributed by atoms with Crippen molar-refractivity contribution < 1.29 is 4.74 Å². The number of hydrogen-bond acceptors (Lipinski definition) is 2. The van der Waals surface area contributed by atoms with Crippen LogP contribution in [0.5, 0.6) is 0 Å². The summed E-state index contributed by atoms with van der Waals surface area (Å²) in [5.41, 5.74) is 1.44. The van der Waals surface area contributed by atoms with Crippen LogP contribution in [0.1, 0.15) is 50.6 Å². The summed E-state index contributed by atoms with van der Waals surface area (Å²) in [5.74, 6) is 0. The van der Waals surface area contributed by atoms with Crippen molar-refractivity contribution in [2.75, 3.05) is 13.2 Å². The first-order valence-corrected chi connectivity index (χ1v) is 8.48. The van der Waals surface area contributed by atoms with Crippen molar-refractivity contribution in [2.24, 2.45) is 0 Å². The molecule has 1 heterocycles. The second kappa shape index (κ2) is 8.22. The van der Waals surface area contributed by atoms with Crippen molar-refractivity contribution in [2.45, 2.75) is 51.2 Å². The lowest BCUT2D eigenvalue weighted by Gasteiger charge is -2.20. The van der Waals surface area contributed by atoms with E-state index in [9.17, 15) is 0 Å². The van der Waals surface area contributed by atoms with Crippen LogP contribution in [0.2, 0.25) is 0 Å². The number of rotatable bonds is 7. The highest BCUT2D eigenvalue weighted by Gasteiger charge is 2.17. The summed E-state index contributed by atoms with van der Waals surface area (Å²) in [6.45, 7) is 4.18. The van der Waals surface area contributed by atoms with Gasteiger partial charge in [0.25, 0.3) is 0 Å². The van der Waals surface area contributed by atoms with Gasteiger partial charge in [0.1, 0.15) is 0 Å². The first-order valence-electron chi connectivity index (χ1n) is 7.40. The quantitative estimate of drug-likeness (QED) is 0.720. The number of nitrogens with one attached hydrogen (secondary N) is 1. The van der Waals surface area contributed by atoms with E-state index in [2.05, 4.69) is 59.1 Å². The largest absolute Gasteiger partial charge is 0.378 e. The Balaban J connectivity index is 1.87. The molecule has 0 saturated carbocycles. The van der Waals surface area contributed by atoms with Crippen LogP contribution >= 0.6 is 22.6 Å². The molecule has 1 aliphatic rings. The Labute approximate surface area is 130 Å². The van der Waals surface area contributed by atoms with Gasteiger partial charge in [-0.2, -0.15) is 0 Å². The van der Waals surface area contributed by atoms with Crippen LogP contribution in [0.25, 0.3) is 0 Å². The van der Waals surface area contributed by atoms with Gasteiger partial charge in [0.15, 0.2) is 0 Å².